The fourth-order valence-electron chi connectivity index (χ4n) is 2.33. The van der Waals surface area contributed by atoms with Crippen molar-refractivity contribution in [3.63, 3.8) is 0 Å². The van der Waals surface area contributed by atoms with Crippen molar-refractivity contribution < 1.29 is 0 Å². The summed E-state index contributed by atoms with van der Waals surface area (Å²) >= 11 is 0. The lowest BCUT2D eigenvalue weighted by Gasteiger charge is -2.06. The quantitative estimate of drug-likeness (QED) is 0.896. The number of nitrogens with one attached hydrogen (secondary N) is 1. The Labute approximate surface area is 114 Å². The van der Waals surface area contributed by atoms with Gasteiger partial charge in [0.1, 0.15) is 0 Å². The highest BCUT2D eigenvalue weighted by Gasteiger charge is 2.11. The van der Waals surface area contributed by atoms with Gasteiger partial charge in [-0.3, -0.25) is 0 Å². The Hall–Kier alpha value is -1.68. The summed E-state index contributed by atoms with van der Waals surface area (Å²) in [5.74, 6) is 0.889. The van der Waals surface area contributed by atoms with Gasteiger partial charge >= 0.3 is 0 Å². The molecule has 2 aromatic heterocycles. The Balaban J connectivity index is 2.27. The molecule has 0 aliphatic rings. The molecule has 2 aromatic rings. The molecule has 1 N–H and O–H groups in total. The molecule has 4 heteroatoms. The van der Waals surface area contributed by atoms with E-state index < -0.39 is 0 Å². The van der Waals surface area contributed by atoms with Crippen LogP contribution in [-0.2, 0) is 13.0 Å². The second-order valence-corrected chi connectivity index (χ2v) is 4.72. The summed E-state index contributed by atoms with van der Waals surface area (Å²) in [4.78, 5) is 4.51. The Morgan fingerprint density at radius 2 is 2.00 bits per heavy atom. The maximum Gasteiger partial charge on any atom is 0.153 e. The maximum atomic E-state index is 4.58. The van der Waals surface area contributed by atoms with Gasteiger partial charge in [-0.2, -0.15) is 5.10 Å². The van der Waals surface area contributed by atoms with Crippen LogP contribution in [0.1, 0.15) is 36.4 Å². The summed E-state index contributed by atoms with van der Waals surface area (Å²) in [5.41, 5.74) is 4.80. The average Bonchev–Trinajstić information content (AvgIpc) is 2.72. The zero-order valence-electron chi connectivity index (χ0n) is 12.2. The summed E-state index contributed by atoms with van der Waals surface area (Å²) in [6.07, 6.45) is 2.93. The first-order valence-electron chi connectivity index (χ1n) is 6.88. The minimum atomic E-state index is 0.862. The predicted molar refractivity (Wildman–Crippen MR) is 77.6 cm³/mol. The van der Waals surface area contributed by atoms with Gasteiger partial charge in [-0.25, -0.2) is 9.67 Å². The van der Waals surface area contributed by atoms with Crippen molar-refractivity contribution in [1.82, 2.24) is 20.1 Å². The van der Waals surface area contributed by atoms with Crippen molar-refractivity contribution in [2.75, 3.05) is 6.54 Å². The molecular weight excluding hydrogens is 236 g/mol. The molecule has 2 rings (SSSR count). The van der Waals surface area contributed by atoms with Crippen LogP contribution in [0.3, 0.4) is 0 Å². The number of aromatic nitrogens is 3. The largest absolute Gasteiger partial charge is 0.313 e. The lowest BCUT2D eigenvalue weighted by Crippen LogP contribution is -2.12. The minimum Gasteiger partial charge on any atom is -0.313 e. The first-order chi connectivity index (χ1) is 9.17. The van der Waals surface area contributed by atoms with Crippen LogP contribution in [0.2, 0.25) is 0 Å². The Bertz CT molecular complexity index is 540. The van der Waals surface area contributed by atoms with E-state index in [1.165, 1.54) is 16.8 Å². The molecule has 4 nitrogen and oxygen atoms in total. The monoisotopic (exact) mass is 258 g/mol. The van der Waals surface area contributed by atoms with Crippen LogP contribution in [0, 0.1) is 13.8 Å². The molecule has 2 heterocycles. The number of hydrogen-bond donors (Lipinski definition) is 1. The molecular formula is C15H22N4. The van der Waals surface area contributed by atoms with E-state index in [1.54, 1.807) is 0 Å². The highest BCUT2D eigenvalue weighted by atomic mass is 15.3. The standard InChI is InChI=1S/C15H22N4/c1-5-14-11(3)18-19(12(14)4)15-8-7-13(10-17-15)9-16-6-2/h7-8,10,16H,5-6,9H2,1-4H3. The van der Waals surface area contributed by atoms with Crippen LogP contribution in [-0.4, -0.2) is 21.3 Å². The molecule has 0 aliphatic carbocycles. The molecule has 0 radical (unpaired) electrons. The highest BCUT2D eigenvalue weighted by molar-refractivity contribution is 5.33. The van der Waals surface area contributed by atoms with Crippen molar-refractivity contribution in [3.8, 4) is 5.82 Å². The Morgan fingerprint density at radius 3 is 2.53 bits per heavy atom. The van der Waals surface area contributed by atoms with Gasteiger partial charge in [0, 0.05) is 18.4 Å². The van der Waals surface area contributed by atoms with Gasteiger partial charge < -0.3 is 5.32 Å². The number of hydrogen-bond acceptors (Lipinski definition) is 3. The van der Waals surface area contributed by atoms with Gasteiger partial charge in [0.25, 0.3) is 0 Å². The SMILES string of the molecule is CCNCc1ccc(-n2nc(C)c(CC)c2C)nc1. The van der Waals surface area contributed by atoms with E-state index in [4.69, 9.17) is 0 Å². The number of rotatable bonds is 5. The van der Waals surface area contributed by atoms with Crippen molar-refractivity contribution >= 4 is 0 Å². The lowest BCUT2D eigenvalue weighted by atomic mass is 10.1. The summed E-state index contributed by atoms with van der Waals surface area (Å²) in [7, 11) is 0. The van der Waals surface area contributed by atoms with Crippen LogP contribution in [0.5, 0.6) is 0 Å². The van der Waals surface area contributed by atoms with Crippen molar-refractivity contribution in [2.24, 2.45) is 0 Å². The fourth-order valence-corrected chi connectivity index (χ4v) is 2.33. The molecule has 0 unspecified atom stereocenters. The molecule has 0 aliphatic heterocycles. The van der Waals surface area contributed by atoms with Gasteiger partial charge in [0.15, 0.2) is 5.82 Å². The molecule has 0 saturated carbocycles. The Morgan fingerprint density at radius 1 is 1.21 bits per heavy atom. The molecule has 0 amide bonds. The smallest absolute Gasteiger partial charge is 0.153 e. The molecule has 19 heavy (non-hydrogen) atoms. The number of aryl methyl sites for hydroxylation is 1. The molecule has 102 valence electrons. The number of pyridine rings is 1. The summed E-state index contributed by atoms with van der Waals surface area (Å²) < 4.78 is 1.94. The van der Waals surface area contributed by atoms with E-state index in [2.05, 4.69) is 49.2 Å². The third-order valence-electron chi connectivity index (χ3n) is 3.40. The van der Waals surface area contributed by atoms with E-state index >= 15 is 0 Å². The van der Waals surface area contributed by atoms with Crippen molar-refractivity contribution in [1.29, 1.82) is 0 Å². The van der Waals surface area contributed by atoms with Crippen LogP contribution >= 0.6 is 0 Å². The van der Waals surface area contributed by atoms with Gasteiger partial charge in [0.2, 0.25) is 0 Å². The van der Waals surface area contributed by atoms with E-state index in [1.807, 2.05) is 16.9 Å². The summed E-state index contributed by atoms with van der Waals surface area (Å²) in [6.45, 7) is 10.3. The first kappa shape index (κ1) is 13.7. The van der Waals surface area contributed by atoms with Gasteiger partial charge in [-0.1, -0.05) is 19.9 Å². The normalized spacial score (nSPS) is 10.9. The highest BCUT2D eigenvalue weighted by Crippen LogP contribution is 2.17. The summed E-state index contributed by atoms with van der Waals surface area (Å²) in [6, 6.07) is 4.14. The topological polar surface area (TPSA) is 42.7 Å². The molecule has 0 fully saturated rings. The molecule has 0 bridgehead atoms. The van der Waals surface area contributed by atoms with Gasteiger partial charge in [-0.05, 0) is 44.0 Å². The third kappa shape index (κ3) is 2.84. The van der Waals surface area contributed by atoms with Crippen LogP contribution in [0.4, 0.5) is 0 Å². The van der Waals surface area contributed by atoms with E-state index in [0.717, 1.165) is 31.0 Å². The second-order valence-electron chi connectivity index (χ2n) is 4.72. The van der Waals surface area contributed by atoms with Crippen LogP contribution in [0.15, 0.2) is 18.3 Å². The fraction of sp³-hybridized carbons (Fsp3) is 0.467. The molecule has 0 aromatic carbocycles. The van der Waals surface area contributed by atoms with Crippen LogP contribution < -0.4 is 5.32 Å². The van der Waals surface area contributed by atoms with E-state index in [-0.39, 0.29) is 0 Å². The minimum absolute atomic E-state index is 0.862. The summed E-state index contributed by atoms with van der Waals surface area (Å²) in [5, 5.41) is 7.88. The van der Waals surface area contributed by atoms with Crippen molar-refractivity contribution in [2.45, 2.75) is 40.7 Å². The number of nitrogens with zero attached hydrogens (tertiary/aromatic N) is 3. The molecule has 0 spiro atoms. The molecule has 0 atom stereocenters. The van der Waals surface area contributed by atoms with E-state index in [9.17, 15) is 0 Å². The Kier molecular flexibility index (Phi) is 4.32. The molecule has 0 saturated heterocycles. The van der Waals surface area contributed by atoms with Gasteiger partial charge in [-0.15, -0.1) is 0 Å². The van der Waals surface area contributed by atoms with Crippen molar-refractivity contribution in [3.05, 3.63) is 40.8 Å². The average molecular weight is 258 g/mol. The lowest BCUT2D eigenvalue weighted by molar-refractivity contribution is 0.721. The maximum absolute atomic E-state index is 4.58. The zero-order valence-corrected chi connectivity index (χ0v) is 12.2. The van der Waals surface area contributed by atoms with Gasteiger partial charge in [0.05, 0.1) is 5.69 Å². The zero-order chi connectivity index (χ0) is 13.8. The predicted octanol–water partition coefficient (Wildman–Crippen LogP) is 2.56. The van der Waals surface area contributed by atoms with E-state index in [0.29, 0.717) is 0 Å². The van der Waals surface area contributed by atoms with Crippen LogP contribution in [0.25, 0.3) is 5.82 Å². The third-order valence-corrected chi connectivity index (χ3v) is 3.40. The first-order valence-corrected chi connectivity index (χ1v) is 6.88. The second kappa shape index (κ2) is 5.97.